The second kappa shape index (κ2) is 7.69. The molecular weight excluding hydrogens is 346 g/mol. The summed E-state index contributed by atoms with van der Waals surface area (Å²) >= 11 is 1.66. The summed E-state index contributed by atoms with van der Waals surface area (Å²) in [7, 11) is 2.11. The van der Waals surface area contributed by atoms with Crippen LogP contribution in [0, 0.1) is 5.92 Å². The number of nitrogens with zero attached hydrogens (tertiary/aromatic N) is 3. The highest BCUT2D eigenvalue weighted by Gasteiger charge is 2.32. The van der Waals surface area contributed by atoms with Gasteiger partial charge in [-0.1, -0.05) is 0 Å². The molecule has 1 aromatic rings. The maximum absolute atomic E-state index is 12.9. The number of thiophene rings is 1. The van der Waals surface area contributed by atoms with Gasteiger partial charge in [-0.05, 0) is 57.2 Å². The van der Waals surface area contributed by atoms with Crippen molar-refractivity contribution in [2.45, 2.75) is 38.5 Å². The van der Waals surface area contributed by atoms with E-state index >= 15 is 0 Å². The van der Waals surface area contributed by atoms with Gasteiger partial charge in [-0.3, -0.25) is 9.59 Å². The molecule has 0 spiro atoms. The number of carbonyl (C=O) groups excluding carboxylic acids is 2. The van der Waals surface area contributed by atoms with E-state index in [4.69, 9.17) is 0 Å². The molecule has 2 amide bonds. The predicted octanol–water partition coefficient (Wildman–Crippen LogP) is 2.25. The van der Waals surface area contributed by atoms with E-state index in [0.29, 0.717) is 5.91 Å². The number of piperidine rings is 1. The second-order valence-electron chi connectivity index (χ2n) is 7.98. The van der Waals surface area contributed by atoms with Crippen LogP contribution in [0.4, 0.5) is 0 Å². The Morgan fingerprint density at radius 1 is 1.00 bits per heavy atom. The number of hydrogen-bond donors (Lipinski definition) is 0. The van der Waals surface area contributed by atoms with Crippen LogP contribution in [0.5, 0.6) is 0 Å². The number of likely N-dealkylation sites (tertiary alicyclic amines) is 1. The largest absolute Gasteiger partial charge is 0.340 e. The van der Waals surface area contributed by atoms with Crippen LogP contribution < -0.4 is 0 Å². The first-order valence-corrected chi connectivity index (χ1v) is 10.8. The molecule has 6 heteroatoms. The number of rotatable bonds is 2. The number of likely N-dealkylation sites (N-methyl/N-ethyl adjacent to an activating group) is 1. The van der Waals surface area contributed by atoms with Gasteiger partial charge in [-0.15, -0.1) is 11.3 Å². The SMILES string of the molecule is CN1CCN(C(=O)[C@H]2CCc3sc(C(=O)N4CCCCC4)cc3C2)CC1. The number of aryl methyl sites for hydroxylation is 1. The van der Waals surface area contributed by atoms with E-state index in [1.54, 1.807) is 11.3 Å². The third-order valence-corrected chi connectivity index (χ3v) is 7.33. The number of hydrogen-bond acceptors (Lipinski definition) is 4. The topological polar surface area (TPSA) is 43.9 Å². The number of piperazine rings is 1. The lowest BCUT2D eigenvalue weighted by Crippen LogP contribution is -2.49. The van der Waals surface area contributed by atoms with E-state index in [1.807, 2.05) is 9.80 Å². The lowest BCUT2D eigenvalue weighted by Gasteiger charge is -2.35. The normalized spacial score (nSPS) is 24.4. The first kappa shape index (κ1) is 18.0. The predicted molar refractivity (Wildman–Crippen MR) is 104 cm³/mol. The van der Waals surface area contributed by atoms with Gasteiger partial charge in [-0.25, -0.2) is 0 Å². The summed E-state index contributed by atoms with van der Waals surface area (Å²) in [4.78, 5) is 34.2. The van der Waals surface area contributed by atoms with E-state index < -0.39 is 0 Å². The molecule has 2 aliphatic heterocycles. The molecule has 0 unspecified atom stereocenters. The highest BCUT2D eigenvalue weighted by molar-refractivity contribution is 7.14. The van der Waals surface area contributed by atoms with Gasteiger partial charge in [0.2, 0.25) is 5.91 Å². The Kier molecular flexibility index (Phi) is 5.32. The Hall–Kier alpha value is -1.40. The zero-order valence-electron chi connectivity index (χ0n) is 15.7. The molecule has 26 heavy (non-hydrogen) atoms. The molecule has 2 saturated heterocycles. The fourth-order valence-electron chi connectivity index (χ4n) is 4.38. The van der Waals surface area contributed by atoms with Crippen molar-refractivity contribution in [1.82, 2.24) is 14.7 Å². The summed E-state index contributed by atoms with van der Waals surface area (Å²) in [5, 5.41) is 0. The molecule has 0 aromatic carbocycles. The smallest absolute Gasteiger partial charge is 0.263 e. The third kappa shape index (κ3) is 3.67. The van der Waals surface area contributed by atoms with Crippen LogP contribution in [0.25, 0.3) is 0 Å². The molecule has 1 atom stereocenters. The average Bonchev–Trinajstić information content (AvgIpc) is 3.11. The van der Waals surface area contributed by atoms with Crippen molar-refractivity contribution in [2.24, 2.45) is 5.92 Å². The lowest BCUT2D eigenvalue weighted by molar-refractivity contribution is -0.137. The molecule has 0 N–H and O–H groups in total. The molecule has 142 valence electrons. The minimum absolute atomic E-state index is 0.0958. The highest BCUT2D eigenvalue weighted by atomic mass is 32.1. The van der Waals surface area contributed by atoms with Crippen LogP contribution in [-0.2, 0) is 17.6 Å². The quantitative estimate of drug-likeness (QED) is 0.796. The molecule has 0 bridgehead atoms. The lowest BCUT2D eigenvalue weighted by atomic mass is 9.87. The van der Waals surface area contributed by atoms with Gasteiger partial charge in [-0.2, -0.15) is 0 Å². The fourth-order valence-corrected chi connectivity index (χ4v) is 5.55. The molecule has 0 saturated carbocycles. The molecule has 2 fully saturated rings. The minimum Gasteiger partial charge on any atom is -0.340 e. The van der Waals surface area contributed by atoms with Gasteiger partial charge in [0.25, 0.3) is 5.91 Å². The van der Waals surface area contributed by atoms with Gasteiger partial charge in [0.1, 0.15) is 0 Å². The molecular formula is C20H29N3O2S. The van der Waals surface area contributed by atoms with Gasteiger partial charge < -0.3 is 14.7 Å². The average molecular weight is 376 g/mol. The zero-order valence-corrected chi connectivity index (χ0v) is 16.5. The fraction of sp³-hybridized carbons (Fsp3) is 0.700. The molecule has 3 heterocycles. The summed E-state index contributed by atoms with van der Waals surface area (Å²) in [6.45, 7) is 5.42. The summed E-state index contributed by atoms with van der Waals surface area (Å²) in [5.41, 5.74) is 1.24. The summed E-state index contributed by atoms with van der Waals surface area (Å²) in [5.74, 6) is 0.614. The molecule has 5 nitrogen and oxygen atoms in total. The Labute approximate surface area is 159 Å². The van der Waals surface area contributed by atoms with Crippen LogP contribution >= 0.6 is 11.3 Å². The maximum Gasteiger partial charge on any atom is 0.263 e. The first-order valence-electron chi connectivity index (χ1n) is 10.00. The number of amides is 2. The summed E-state index contributed by atoms with van der Waals surface area (Å²) in [6.07, 6.45) is 6.16. The van der Waals surface area contributed by atoms with Crippen molar-refractivity contribution in [2.75, 3.05) is 46.3 Å². The van der Waals surface area contributed by atoms with E-state index in [-0.39, 0.29) is 11.8 Å². The van der Waals surface area contributed by atoms with Gasteiger partial charge in [0.05, 0.1) is 4.88 Å². The van der Waals surface area contributed by atoms with Crippen LogP contribution in [0.2, 0.25) is 0 Å². The molecule has 4 rings (SSSR count). The van der Waals surface area contributed by atoms with Crippen molar-refractivity contribution in [3.05, 3.63) is 21.4 Å². The zero-order chi connectivity index (χ0) is 18.1. The standard InChI is InChI=1S/C20H29N3O2S/c1-21-9-11-23(12-10-21)19(24)15-5-6-17-16(13-15)14-18(26-17)20(25)22-7-3-2-4-8-22/h14-15H,2-13H2,1H3/t15-/m0/s1. The Morgan fingerprint density at radius 3 is 2.46 bits per heavy atom. The van der Waals surface area contributed by atoms with Crippen molar-refractivity contribution >= 4 is 23.2 Å². The van der Waals surface area contributed by atoms with Crippen LogP contribution in [0.3, 0.4) is 0 Å². The van der Waals surface area contributed by atoms with E-state index in [2.05, 4.69) is 18.0 Å². The maximum atomic E-state index is 12.9. The van der Waals surface area contributed by atoms with Crippen molar-refractivity contribution < 1.29 is 9.59 Å². The second-order valence-corrected chi connectivity index (χ2v) is 9.12. The molecule has 0 radical (unpaired) electrons. The Balaban J connectivity index is 1.41. The molecule has 3 aliphatic rings. The van der Waals surface area contributed by atoms with Gasteiger partial charge in [0.15, 0.2) is 0 Å². The van der Waals surface area contributed by atoms with Crippen LogP contribution in [0.1, 0.15) is 45.8 Å². The van der Waals surface area contributed by atoms with Gasteiger partial charge >= 0.3 is 0 Å². The number of fused-ring (bicyclic) bond motifs is 1. The monoisotopic (exact) mass is 375 g/mol. The van der Waals surface area contributed by atoms with E-state index in [9.17, 15) is 9.59 Å². The Bertz CT molecular complexity index is 673. The van der Waals surface area contributed by atoms with Crippen molar-refractivity contribution in [3.63, 3.8) is 0 Å². The highest BCUT2D eigenvalue weighted by Crippen LogP contribution is 2.34. The summed E-state index contributed by atoms with van der Waals surface area (Å²) in [6, 6.07) is 2.08. The van der Waals surface area contributed by atoms with Crippen LogP contribution in [-0.4, -0.2) is 72.8 Å². The molecule has 1 aromatic heterocycles. The summed E-state index contributed by atoms with van der Waals surface area (Å²) < 4.78 is 0. The molecule has 1 aliphatic carbocycles. The minimum atomic E-state index is 0.0958. The van der Waals surface area contributed by atoms with E-state index in [1.165, 1.54) is 16.9 Å². The Morgan fingerprint density at radius 2 is 1.73 bits per heavy atom. The number of carbonyl (C=O) groups is 2. The van der Waals surface area contributed by atoms with Crippen molar-refractivity contribution in [3.8, 4) is 0 Å². The first-order chi connectivity index (χ1) is 12.6. The van der Waals surface area contributed by atoms with E-state index in [0.717, 1.165) is 76.2 Å². The van der Waals surface area contributed by atoms with Crippen molar-refractivity contribution in [1.29, 1.82) is 0 Å². The van der Waals surface area contributed by atoms with Crippen LogP contribution in [0.15, 0.2) is 6.07 Å². The third-order valence-electron chi connectivity index (χ3n) is 6.10. The van der Waals surface area contributed by atoms with Gasteiger partial charge in [0, 0.05) is 50.1 Å².